The van der Waals surface area contributed by atoms with Crippen molar-refractivity contribution in [1.29, 1.82) is 0 Å². The second-order valence-corrected chi connectivity index (χ2v) is 4.76. The van der Waals surface area contributed by atoms with Gasteiger partial charge in [0.25, 0.3) is 0 Å². The Kier molecular flexibility index (Phi) is 2.62. The first kappa shape index (κ1) is 11.0. The Morgan fingerprint density at radius 2 is 1.75 bits per heavy atom. The Bertz CT molecular complexity index is 436. The van der Waals surface area contributed by atoms with Gasteiger partial charge < -0.3 is 9.47 Å². The van der Waals surface area contributed by atoms with Gasteiger partial charge in [-0.05, 0) is 17.7 Å². The third kappa shape index (κ3) is 1.90. The lowest BCUT2D eigenvalue weighted by molar-refractivity contribution is -0.540. The Morgan fingerprint density at radius 3 is 2.38 bits per heavy atom. The van der Waals surface area contributed by atoms with E-state index in [9.17, 15) is 0 Å². The second-order valence-electron chi connectivity index (χ2n) is 4.76. The molecule has 0 amide bonds. The Balaban J connectivity index is 2.49. The van der Waals surface area contributed by atoms with Crippen LogP contribution in [0.5, 0.6) is 11.5 Å². The molecule has 1 aliphatic heterocycles. The van der Waals surface area contributed by atoms with Crippen LogP contribution in [0.1, 0.15) is 25.0 Å². The Hall–Kier alpha value is -1.51. The van der Waals surface area contributed by atoms with E-state index in [1.165, 1.54) is 11.1 Å². The molecule has 0 fully saturated rings. The molecular weight excluding hydrogens is 202 g/mol. The van der Waals surface area contributed by atoms with Gasteiger partial charge in [0.2, 0.25) is 0 Å². The van der Waals surface area contributed by atoms with Gasteiger partial charge in [0.1, 0.15) is 0 Å². The zero-order valence-electron chi connectivity index (χ0n) is 10.3. The van der Waals surface area contributed by atoms with Gasteiger partial charge in [0.05, 0.1) is 14.2 Å². The number of hydrogen-bond donors (Lipinski definition) is 1. The minimum atomic E-state index is 0.104. The van der Waals surface area contributed by atoms with E-state index in [2.05, 4.69) is 24.9 Å². The maximum Gasteiger partial charge on any atom is 0.169 e. The summed E-state index contributed by atoms with van der Waals surface area (Å²) in [6.07, 6.45) is 3.03. The van der Waals surface area contributed by atoms with Crippen LogP contribution < -0.4 is 14.5 Å². The van der Waals surface area contributed by atoms with Crippen LogP contribution in [-0.4, -0.2) is 26.0 Å². The molecule has 0 unspecified atom stereocenters. The summed E-state index contributed by atoms with van der Waals surface area (Å²) < 4.78 is 10.6. The highest BCUT2D eigenvalue weighted by Crippen LogP contribution is 2.31. The molecule has 0 aliphatic carbocycles. The quantitative estimate of drug-likeness (QED) is 0.789. The molecule has 3 heteroatoms. The third-order valence-corrected chi connectivity index (χ3v) is 2.90. The molecule has 0 aromatic heterocycles. The summed E-state index contributed by atoms with van der Waals surface area (Å²) in [4.78, 5) is 3.38. The number of hydrogen-bond acceptors (Lipinski definition) is 2. The van der Waals surface area contributed by atoms with Crippen LogP contribution in [-0.2, 0) is 6.42 Å². The van der Waals surface area contributed by atoms with Crippen LogP contribution in [0, 0.1) is 0 Å². The van der Waals surface area contributed by atoms with E-state index in [-0.39, 0.29) is 5.54 Å². The number of methoxy groups -OCH3 is 2. The molecule has 16 heavy (non-hydrogen) atoms. The van der Waals surface area contributed by atoms with Crippen LogP contribution in [0.15, 0.2) is 12.1 Å². The van der Waals surface area contributed by atoms with Gasteiger partial charge in [-0.25, -0.2) is 4.99 Å². The average Bonchev–Trinajstić information content (AvgIpc) is 2.26. The van der Waals surface area contributed by atoms with Gasteiger partial charge in [-0.2, -0.15) is 0 Å². The first-order valence-corrected chi connectivity index (χ1v) is 5.41. The van der Waals surface area contributed by atoms with E-state index in [0.29, 0.717) is 0 Å². The highest BCUT2D eigenvalue weighted by Gasteiger charge is 2.28. The maximum absolute atomic E-state index is 5.31. The molecule has 0 radical (unpaired) electrons. The van der Waals surface area contributed by atoms with Gasteiger partial charge in [-0.15, -0.1) is 0 Å². The Labute approximate surface area is 96.1 Å². The van der Waals surface area contributed by atoms with Gasteiger partial charge in [-0.1, -0.05) is 0 Å². The first-order chi connectivity index (χ1) is 7.55. The van der Waals surface area contributed by atoms with Crippen molar-refractivity contribution in [1.82, 2.24) is 0 Å². The molecule has 3 nitrogen and oxygen atoms in total. The third-order valence-electron chi connectivity index (χ3n) is 2.90. The van der Waals surface area contributed by atoms with Crippen molar-refractivity contribution in [2.45, 2.75) is 25.8 Å². The normalized spacial score (nSPS) is 16.8. The van der Waals surface area contributed by atoms with Crippen molar-refractivity contribution in [3.63, 3.8) is 0 Å². The molecule has 1 aliphatic rings. The number of fused-ring (bicyclic) bond motifs is 1. The number of nitrogens with one attached hydrogen (secondary N) is 1. The summed E-state index contributed by atoms with van der Waals surface area (Å²) in [5.74, 6) is 1.58. The number of rotatable bonds is 2. The topological polar surface area (TPSA) is 32.4 Å². The van der Waals surface area contributed by atoms with Crippen LogP contribution in [0.25, 0.3) is 0 Å². The van der Waals surface area contributed by atoms with Crippen molar-refractivity contribution in [2.75, 3.05) is 14.2 Å². The molecule has 0 atom stereocenters. The minimum absolute atomic E-state index is 0.104. The van der Waals surface area contributed by atoms with Crippen molar-refractivity contribution >= 4 is 6.21 Å². The highest BCUT2D eigenvalue weighted by atomic mass is 16.5. The molecule has 1 aromatic rings. The second kappa shape index (κ2) is 3.81. The maximum atomic E-state index is 5.31. The van der Waals surface area contributed by atoms with Gasteiger partial charge in [0, 0.05) is 25.8 Å². The zero-order valence-corrected chi connectivity index (χ0v) is 10.3. The Morgan fingerprint density at radius 1 is 1.12 bits per heavy atom. The SMILES string of the molecule is COc1cc2c(cc1OC)CC(C)(C)[NH+]=C2. The largest absolute Gasteiger partial charge is 0.493 e. The van der Waals surface area contributed by atoms with E-state index in [0.717, 1.165) is 17.9 Å². The molecule has 0 spiro atoms. The molecular formula is C13H18NO2+. The first-order valence-electron chi connectivity index (χ1n) is 5.41. The predicted molar refractivity (Wildman–Crippen MR) is 63.5 cm³/mol. The van der Waals surface area contributed by atoms with E-state index in [1.807, 2.05) is 12.3 Å². The summed E-state index contributed by atoms with van der Waals surface area (Å²) in [6.45, 7) is 4.37. The van der Waals surface area contributed by atoms with Gasteiger partial charge in [0.15, 0.2) is 23.3 Å². The predicted octanol–water partition coefficient (Wildman–Crippen LogP) is 0.538. The average molecular weight is 220 g/mol. The van der Waals surface area contributed by atoms with Gasteiger partial charge >= 0.3 is 0 Å². The fraction of sp³-hybridized carbons (Fsp3) is 0.462. The monoisotopic (exact) mass is 220 g/mol. The molecule has 1 N–H and O–H groups in total. The summed E-state index contributed by atoms with van der Waals surface area (Å²) in [6, 6.07) is 4.07. The smallest absolute Gasteiger partial charge is 0.169 e. The molecule has 1 aromatic carbocycles. The van der Waals surface area contributed by atoms with Crippen molar-refractivity contribution in [2.24, 2.45) is 0 Å². The molecule has 0 saturated heterocycles. The molecule has 2 rings (SSSR count). The van der Waals surface area contributed by atoms with E-state index < -0.39 is 0 Å². The fourth-order valence-corrected chi connectivity index (χ4v) is 2.02. The summed E-state index contributed by atoms with van der Waals surface area (Å²) in [5, 5.41) is 0. The molecule has 1 heterocycles. The van der Waals surface area contributed by atoms with Crippen molar-refractivity contribution in [3.8, 4) is 11.5 Å². The summed E-state index contributed by atoms with van der Waals surface area (Å²) in [7, 11) is 3.32. The fourth-order valence-electron chi connectivity index (χ4n) is 2.02. The van der Waals surface area contributed by atoms with E-state index in [1.54, 1.807) is 14.2 Å². The van der Waals surface area contributed by atoms with E-state index >= 15 is 0 Å². The van der Waals surface area contributed by atoms with Crippen molar-refractivity contribution < 1.29 is 14.5 Å². The number of benzene rings is 1. The summed E-state index contributed by atoms with van der Waals surface area (Å²) >= 11 is 0. The zero-order chi connectivity index (χ0) is 11.8. The highest BCUT2D eigenvalue weighted by molar-refractivity contribution is 5.80. The molecule has 86 valence electrons. The van der Waals surface area contributed by atoms with Crippen LogP contribution in [0.2, 0.25) is 0 Å². The standard InChI is InChI=1S/C13H17NO2/c1-13(2)7-9-5-11(15-3)12(16-4)6-10(9)8-14-13/h5-6,8H,7H2,1-4H3/p+1. The van der Waals surface area contributed by atoms with Crippen molar-refractivity contribution in [3.05, 3.63) is 23.3 Å². The lowest BCUT2D eigenvalue weighted by Gasteiger charge is -2.21. The van der Waals surface area contributed by atoms with Crippen LogP contribution in [0.3, 0.4) is 0 Å². The lowest BCUT2D eigenvalue weighted by atomic mass is 9.89. The lowest BCUT2D eigenvalue weighted by Crippen LogP contribution is -2.85. The van der Waals surface area contributed by atoms with Crippen LogP contribution in [0.4, 0.5) is 0 Å². The van der Waals surface area contributed by atoms with Gasteiger partial charge in [-0.3, -0.25) is 0 Å². The molecule has 0 bridgehead atoms. The minimum Gasteiger partial charge on any atom is -0.493 e. The van der Waals surface area contributed by atoms with Crippen LogP contribution >= 0.6 is 0 Å². The van der Waals surface area contributed by atoms with E-state index in [4.69, 9.17) is 9.47 Å². The number of ether oxygens (including phenoxy) is 2. The molecule has 0 saturated carbocycles. The summed E-state index contributed by atoms with van der Waals surface area (Å²) in [5.41, 5.74) is 2.57.